The van der Waals surface area contributed by atoms with Crippen LogP contribution in [0.5, 0.6) is 0 Å². The zero-order valence-electron chi connectivity index (χ0n) is 10.3. The lowest BCUT2D eigenvalue weighted by molar-refractivity contribution is 0.0554. The molecule has 2 fully saturated rings. The highest BCUT2D eigenvalue weighted by Crippen LogP contribution is 2.36. The third kappa shape index (κ3) is 2.47. The van der Waals surface area contributed by atoms with Crippen molar-refractivity contribution in [1.29, 1.82) is 0 Å². The second-order valence-electron chi connectivity index (χ2n) is 5.39. The Balaban J connectivity index is 1.68. The molecule has 4 heteroatoms. The lowest BCUT2D eigenvalue weighted by atomic mass is 9.78. The number of nitrogens with zero attached hydrogens (tertiary/aromatic N) is 2. The second kappa shape index (κ2) is 4.94. The normalized spacial score (nSPS) is 30.1. The molecule has 2 heterocycles. The fourth-order valence-electron chi connectivity index (χ4n) is 3.52. The van der Waals surface area contributed by atoms with Crippen LogP contribution in [0.2, 0.25) is 0 Å². The first-order valence-electron chi connectivity index (χ1n) is 6.77. The van der Waals surface area contributed by atoms with Gasteiger partial charge >= 0.3 is 0 Å². The number of hydrogen-bond acceptors (Lipinski definition) is 4. The van der Waals surface area contributed by atoms with Crippen molar-refractivity contribution in [2.45, 2.75) is 51.1 Å². The van der Waals surface area contributed by atoms with Crippen molar-refractivity contribution in [2.75, 3.05) is 12.3 Å². The summed E-state index contributed by atoms with van der Waals surface area (Å²) in [7, 11) is 0. The van der Waals surface area contributed by atoms with Crippen molar-refractivity contribution < 1.29 is 0 Å². The zero-order valence-corrected chi connectivity index (χ0v) is 11.1. The van der Waals surface area contributed by atoms with Crippen LogP contribution in [-0.2, 0) is 6.54 Å². The summed E-state index contributed by atoms with van der Waals surface area (Å²) in [6.45, 7) is 2.33. The van der Waals surface area contributed by atoms with Crippen molar-refractivity contribution in [1.82, 2.24) is 9.88 Å². The zero-order chi connectivity index (χ0) is 11.7. The number of thiazole rings is 1. The van der Waals surface area contributed by atoms with Gasteiger partial charge in [0, 0.05) is 23.7 Å². The maximum Gasteiger partial charge on any atom is 0.180 e. The van der Waals surface area contributed by atoms with Crippen LogP contribution in [0.4, 0.5) is 5.13 Å². The van der Waals surface area contributed by atoms with Gasteiger partial charge in [-0.3, -0.25) is 4.90 Å². The molecule has 0 aromatic carbocycles. The van der Waals surface area contributed by atoms with Gasteiger partial charge in [0.15, 0.2) is 5.13 Å². The highest BCUT2D eigenvalue weighted by atomic mass is 32.1. The van der Waals surface area contributed by atoms with E-state index < -0.39 is 0 Å². The predicted octanol–water partition coefficient (Wildman–Crippen LogP) is 2.88. The number of piperidine rings is 1. The van der Waals surface area contributed by atoms with Gasteiger partial charge in [-0.05, 0) is 38.1 Å². The van der Waals surface area contributed by atoms with Gasteiger partial charge in [0.1, 0.15) is 0 Å². The summed E-state index contributed by atoms with van der Waals surface area (Å²) >= 11 is 1.65. The molecule has 1 aromatic heterocycles. The van der Waals surface area contributed by atoms with Gasteiger partial charge in [0.05, 0.1) is 0 Å². The number of nitrogen functional groups attached to an aromatic ring is 1. The molecule has 1 aliphatic carbocycles. The number of rotatable bonds is 2. The number of nitrogens with two attached hydrogens (primary N) is 1. The Morgan fingerprint density at radius 3 is 2.94 bits per heavy atom. The first-order valence-corrected chi connectivity index (χ1v) is 7.59. The fourth-order valence-corrected chi connectivity index (χ4v) is 4.23. The summed E-state index contributed by atoms with van der Waals surface area (Å²) in [5.74, 6) is 0.961. The molecule has 1 saturated carbocycles. The maximum atomic E-state index is 5.70. The van der Waals surface area contributed by atoms with Crippen molar-refractivity contribution in [3.05, 3.63) is 11.1 Å². The van der Waals surface area contributed by atoms with Crippen LogP contribution in [0, 0.1) is 5.92 Å². The lowest BCUT2D eigenvalue weighted by Crippen LogP contribution is -2.46. The van der Waals surface area contributed by atoms with Crippen molar-refractivity contribution in [3.63, 3.8) is 0 Å². The Kier molecular flexibility index (Phi) is 3.34. The Morgan fingerprint density at radius 1 is 1.29 bits per heavy atom. The minimum atomic E-state index is 0.706. The topological polar surface area (TPSA) is 42.1 Å². The fraction of sp³-hybridized carbons (Fsp3) is 0.769. The van der Waals surface area contributed by atoms with Crippen molar-refractivity contribution in [2.24, 2.45) is 5.92 Å². The van der Waals surface area contributed by atoms with E-state index in [1.165, 1.54) is 49.9 Å². The molecular formula is C13H21N3S. The van der Waals surface area contributed by atoms with Crippen LogP contribution in [0.15, 0.2) is 6.20 Å². The van der Waals surface area contributed by atoms with E-state index in [2.05, 4.69) is 9.88 Å². The van der Waals surface area contributed by atoms with E-state index in [0.717, 1.165) is 18.5 Å². The van der Waals surface area contributed by atoms with Crippen LogP contribution in [-0.4, -0.2) is 22.5 Å². The average molecular weight is 251 g/mol. The SMILES string of the molecule is Nc1ncc(CN2CCCC3CCCCC32)s1. The van der Waals surface area contributed by atoms with Crippen LogP contribution in [0.1, 0.15) is 43.4 Å². The Bertz CT molecular complexity index is 374. The summed E-state index contributed by atoms with van der Waals surface area (Å²) in [5.41, 5.74) is 5.70. The van der Waals surface area contributed by atoms with Gasteiger partial charge in [-0.15, -0.1) is 11.3 Å². The Labute approximate surface area is 107 Å². The molecule has 3 nitrogen and oxygen atoms in total. The summed E-state index contributed by atoms with van der Waals surface area (Å²) < 4.78 is 0. The monoisotopic (exact) mass is 251 g/mol. The molecule has 0 bridgehead atoms. The van der Waals surface area contributed by atoms with E-state index in [-0.39, 0.29) is 0 Å². The second-order valence-corrected chi connectivity index (χ2v) is 6.54. The van der Waals surface area contributed by atoms with E-state index in [1.807, 2.05) is 6.20 Å². The minimum Gasteiger partial charge on any atom is -0.375 e. The average Bonchev–Trinajstić information content (AvgIpc) is 2.75. The molecule has 1 aromatic rings. The first kappa shape index (κ1) is 11.5. The van der Waals surface area contributed by atoms with E-state index in [4.69, 9.17) is 5.73 Å². The molecule has 94 valence electrons. The van der Waals surface area contributed by atoms with Crippen LogP contribution in [0.25, 0.3) is 0 Å². The smallest absolute Gasteiger partial charge is 0.180 e. The number of anilines is 1. The summed E-state index contributed by atoms with van der Waals surface area (Å²) in [5, 5.41) is 0.706. The molecule has 1 aliphatic heterocycles. The Hall–Kier alpha value is -0.610. The molecule has 0 amide bonds. The maximum absolute atomic E-state index is 5.70. The van der Waals surface area contributed by atoms with Gasteiger partial charge < -0.3 is 5.73 Å². The third-order valence-corrected chi connectivity index (χ3v) is 5.10. The molecule has 0 radical (unpaired) electrons. The number of likely N-dealkylation sites (tertiary alicyclic amines) is 1. The van der Waals surface area contributed by atoms with Gasteiger partial charge in [-0.25, -0.2) is 4.98 Å². The van der Waals surface area contributed by atoms with Crippen LogP contribution in [0.3, 0.4) is 0 Å². The minimum absolute atomic E-state index is 0.706. The Morgan fingerprint density at radius 2 is 2.12 bits per heavy atom. The van der Waals surface area contributed by atoms with Crippen LogP contribution < -0.4 is 5.73 Å². The van der Waals surface area contributed by atoms with E-state index in [0.29, 0.717) is 5.13 Å². The highest BCUT2D eigenvalue weighted by molar-refractivity contribution is 7.15. The van der Waals surface area contributed by atoms with Gasteiger partial charge in [0.25, 0.3) is 0 Å². The largest absolute Gasteiger partial charge is 0.375 e. The molecule has 17 heavy (non-hydrogen) atoms. The highest BCUT2D eigenvalue weighted by Gasteiger charge is 2.33. The predicted molar refractivity (Wildman–Crippen MR) is 71.9 cm³/mol. The molecule has 2 N–H and O–H groups in total. The molecular weight excluding hydrogens is 230 g/mol. The molecule has 2 atom stereocenters. The molecule has 2 unspecified atom stereocenters. The standard InChI is InChI=1S/C13H21N3S/c14-13-15-8-11(17-13)9-16-7-3-5-10-4-1-2-6-12(10)16/h8,10,12H,1-7,9H2,(H2,14,15). The van der Waals surface area contributed by atoms with Gasteiger partial charge in [-0.2, -0.15) is 0 Å². The molecule has 0 spiro atoms. The van der Waals surface area contributed by atoms with Crippen LogP contribution >= 0.6 is 11.3 Å². The quantitative estimate of drug-likeness (QED) is 0.879. The van der Waals surface area contributed by atoms with E-state index >= 15 is 0 Å². The van der Waals surface area contributed by atoms with Crippen molar-refractivity contribution in [3.8, 4) is 0 Å². The molecule has 3 rings (SSSR count). The summed E-state index contributed by atoms with van der Waals surface area (Å²) in [6.07, 6.45) is 10.5. The van der Waals surface area contributed by atoms with Gasteiger partial charge in [0.2, 0.25) is 0 Å². The number of hydrogen-bond donors (Lipinski definition) is 1. The lowest BCUT2D eigenvalue weighted by Gasteiger charge is -2.44. The molecule has 2 aliphatic rings. The summed E-state index contributed by atoms with van der Waals surface area (Å²) in [4.78, 5) is 8.16. The van der Waals surface area contributed by atoms with E-state index in [1.54, 1.807) is 11.3 Å². The number of aromatic nitrogens is 1. The molecule has 1 saturated heterocycles. The van der Waals surface area contributed by atoms with Crippen molar-refractivity contribution >= 4 is 16.5 Å². The van der Waals surface area contributed by atoms with E-state index in [9.17, 15) is 0 Å². The third-order valence-electron chi connectivity index (χ3n) is 4.29. The van der Waals surface area contributed by atoms with Gasteiger partial charge in [-0.1, -0.05) is 12.8 Å². The summed E-state index contributed by atoms with van der Waals surface area (Å²) in [6, 6.07) is 0.834. The first-order chi connectivity index (χ1) is 8.33. The number of fused-ring (bicyclic) bond motifs is 1.